The van der Waals surface area contributed by atoms with E-state index in [1.807, 2.05) is 0 Å². The highest BCUT2D eigenvalue weighted by Crippen LogP contribution is 2.28. The van der Waals surface area contributed by atoms with Gasteiger partial charge in [0.2, 0.25) is 5.91 Å². The third-order valence-electron chi connectivity index (χ3n) is 6.30. The lowest BCUT2D eigenvalue weighted by molar-refractivity contribution is -0.384. The average molecular weight is 633 g/mol. The number of rotatable bonds is 10. The zero-order valence-corrected chi connectivity index (χ0v) is 25.0. The number of amides is 3. The van der Waals surface area contributed by atoms with Gasteiger partial charge in [-0.3, -0.25) is 24.5 Å². The standard InChI is InChI=1S/C32H26ClFN4O5S/c1-19-11-14-23(38(42)43)17-28(19)36-30(39)20(2)44-24-15-12-22(13-16-24)35-32(41)29(18-25-26(33)9-6-10-27(25)34)37-31(40)21-7-4-3-5-8-21/h3-18,20H,1-2H3,(H,35,41)(H,36,39)(H,37,40)/b29-18-. The molecule has 0 aromatic heterocycles. The van der Waals surface area contributed by atoms with Crippen molar-refractivity contribution < 1.29 is 23.7 Å². The third-order valence-corrected chi connectivity index (χ3v) is 7.74. The summed E-state index contributed by atoms with van der Waals surface area (Å²) >= 11 is 7.41. The normalized spacial score (nSPS) is 11.8. The highest BCUT2D eigenvalue weighted by atomic mass is 35.5. The molecule has 0 aliphatic carbocycles. The maximum absolute atomic E-state index is 14.5. The third kappa shape index (κ3) is 8.30. The number of carbonyl (C=O) groups is 3. The molecule has 0 fully saturated rings. The number of nitro benzene ring substituents is 1. The van der Waals surface area contributed by atoms with Gasteiger partial charge in [-0.2, -0.15) is 0 Å². The van der Waals surface area contributed by atoms with Gasteiger partial charge in [0.05, 0.1) is 20.9 Å². The summed E-state index contributed by atoms with van der Waals surface area (Å²) < 4.78 is 14.5. The van der Waals surface area contributed by atoms with Crippen LogP contribution in [0.4, 0.5) is 21.5 Å². The molecule has 3 N–H and O–H groups in total. The van der Waals surface area contributed by atoms with Crippen LogP contribution in [0.3, 0.4) is 0 Å². The summed E-state index contributed by atoms with van der Waals surface area (Å²) in [5, 5.41) is 18.6. The van der Waals surface area contributed by atoms with Crippen molar-refractivity contribution in [1.82, 2.24) is 5.32 Å². The number of nitrogens with zero attached hydrogens (tertiary/aromatic N) is 1. The number of carbonyl (C=O) groups excluding carboxylic acids is 3. The molecule has 4 rings (SSSR count). The first-order valence-corrected chi connectivity index (χ1v) is 14.4. The number of hydrogen-bond acceptors (Lipinski definition) is 6. The molecule has 4 aromatic carbocycles. The predicted molar refractivity (Wildman–Crippen MR) is 170 cm³/mol. The van der Waals surface area contributed by atoms with Crippen molar-refractivity contribution in [2.75, 3.05) is 10.6 Å². The zero-order valence-electron chi connectivity index (χ0n) is 23.5. The van der Waals surface area contributed by atoms with Gasteiger partial charge in [0.25, 0.3) is 17.5 Å². The summed E-state index contributed by atoms with van der Waals surface area (Å²) in [4.78, 5) is 50.2. The quantitative estimate of drug-likeness (QED) is 0.0732. The molecule has 3 amide bonds. The summed E-state index contributed by atoms with van der Waals surface area (Å²) in [6.45, 7) is 3.44. The number of hydrogen-bond donors (Lipinski definition) is 3. The molecule has 4 aromatic rings. The summed E-state index contributed by atoms with van der Waals surface area (Å²) in [7, 11) is 0. The second kappa shape index (κ2) is 14.5. The molecule has 1 unspecified atom stereocenters. The number of aryl methyl sites for hydroxylation is 1. The largest absolute Gasteiger partial charge is 0.325 e. The molecule has 9 nitrogen and oxygen atoms in total. The average Bonchev–Trinajstić information content (AvgIpc) is 3.00. The van der Waals surface area contributed by atoms with Gasteiger partial charge in [-0.1, -0.05) is 41.9 Å². The minimum Gasteiger partial charge on any atom is -0.325 e. The summed E-state index contributed by atoms with van der Waals surface area (Å²) in [6.07, 6.45) is 1.17. The fourth-order valence-corrected chi connectivity index (χ4v) is 4.99. The van der Waals surface area contributed by atoms with Gasteiger partial charge >= 0.3 is 0 Å². The van der Waals surface area contributed by atoms with Gasteiger partial charge in [-0.15, -0.1) is 11.8 Å². The van der Waals surface area contributed by atoms with Gasteiger partial charge in [0, 0.05) is 33.8 Å². The zero-order chi connectivity index (χ0) is 31.8. The van der Waals surface area contributed by atoms with Crippen LogP contribution in [0.5, 0.6) is 0 Å². The predicted octanol–water partition coefficient (Wildman–Crippen LogP) is 7.22. The molecule has 0 heterocycles. The Morgan fingerprint density at radius 1 is 0.955 bits per heavy atom. The van der Waals surface area contributed by atoms with E-state index in [2.05, 4.69) is 16.0 Å². The van der Waals surface area contributed by atoms with Gasteiger partial charge in [-0.05, 0) is 74.0 Å². The van der Waals surface area contributed by atoms with E-state index in [1.165, 1.54) is 48.2 Å². The number of non-ortho nitro benzene ring substituents is 1. The van der Waals surface area contributed by atoms with E-state index in [-0.39, 0.29) is 27.9 Å². The fourth-order valence-electron chi connectivity index (χ4n) is 3.90. The lowest BCUT2D eigenvalue weighted by atomic mass is 10.1. The smallest absolute Gasteiger partial charge is 0.272 e. The lowest BCUT2D eigenvalue weighted by Crippen LogP contribution is -2.30. The van der Waals surface area contributed by atoms with Crippen LogP contribution in [0, 0.1) is 22.9 Å². The van der Waals surface area contributed by atoms with Crippen molar-refractivity contribution in [2.45, 2.75) is 24.0 Å². The van der Waals surface area contributed by atoms with Crippen molar-refractivity contribution in [1.29, 1.82) is 0 Å². The first-order chi connectivity index (χ1) is 21.0. The molecule has 224 valence electrons. The Morgan fingerprint density at radius 2 is 1.66 bits per heavy atom. The van der Waals surface area contributed by atoms with E-state index in [0.717, 1.165) is 0 Å². The Morgan fingerprint density at radius 3 is 2.32 bits per heavy atom. The second-order valence-electron chi connectivity index (χ2n) is 9.50. The lowest BCUT2D eigenvalue weighted by Gasteiger charge is -2.14. The number of thioether (sulfide) groups is 1. The van der Waals surface area contributed by atoms with Crippen molar-refractivity contribution >= 4 is 64.2 Å². The van der Waals surface area contributed by atoms with Gasteiger partial charge in [0.1, 0.15) is 11.5 Å². The molecule has 1 atom stereocenters. The molecule has 0 aliphatic rings. The van der Waals surface area contributed by atoms with E-state index in [1.54, 1.807) is 74.5 Å². The Bertz CT molecular complexity index is 1730. The summed E-state index contributed by atoms with van der Waals surface area (Å²) in [5.41, 5.74) is 1.30. The van der Waals surface area contributed by atoms with Crippen LogP contribution in [0.2, 0.25) is 5.02 Å². The van der Waals surface area contributed by atoms with Gasteiger partial charge < -0.3 is 16.0 Å². The number of nitro groups is 1. The first-order valence-electron chi connectivity index (χ1n) is 13.2. The number of nitrogens with one attached hydrogen (secondary N) is 3. The van der Waals surface area contributed by atoms with E-state index in [9.17, 15) is 28.9 Å². The number of halogens is 2. The molecule has 0 spiro atoms. The van der Waals surface area contributed by atoms with Crippen LogP contribution in [0.25, 0.3) is 6.08 Å². The van der Waals surface area contributed by atoms with Crippen LogP contribution in [0.15, 0.2) is 102 Å². The first kappa shape index (κ1) is 31.9. The molecule has 0 saturated carbocycles. The fraction of sp³-hybridized carbons (Fsp3) is 0.0938. The molecular weight excluding hydrogens is 607 g/mol. The van der Waals surface area contributed by atoms with E-state index in [4.69, 9.17) is 11.6 Å². The SMILES string of the molecule is Cc1ccc([N+](=O)[O-])cc1NC(=O)C(C)Sc1ccc(NC(=O)/C(=C/c2c(F)cccc2Cl)NC(=O)c2ccccc2)cc1. The topological polar surface area (TPSA) is 130 Å². The van der Waals surface area contributed by atoms with Crippen molar-refractivity contribution in [3.05, 3.63) is 134 Å². The second-order valence-corrected chi connectivity index (χ2v) is 11.3. The van der Waals surface area contributed by atoms with E-state index >= 15 is 0 Å². The minimum atomic E-state index is -0.714. The molecular formula is C32H26ClFN4O5S. The summed E-state index contributed by atoms with van der Waals surface area (Å²) in [5.74, 6) is -2.29. The molecule has 0 saturated heterocycles. The van der Waals surface area contributed by atoms with Crippen molar-refractivity contribution in [3.8, 4) is 0 Å². The van der Waals surface area contributed by atoms with Crippen molar-refractivity contribution in [3.63, 3.8) is 0 Å². The maximum atomic E-state index is 14.5. The number of benzene rings is 4. The monoisotopic (exact) mass is 632 g/mol. The Kier molecular flexibility index (Phi) is 10.5. The van der Waals surface area contributed by atoms with Crippen LogP contribution in [-0.4, -0.2) is 27.9 Å². The molecule has 12 heteroatoms. The van der Waals surface area contributed by atoms with E-state index in [0.29, 0.717) is 27.4 Å². The minimum absolute atomic E-state index is 0.0597. The molecule has 0 radical (unpaired) electrons. The van der Waals surface area contributed by atoms with Crippen LogP contribution in [-0.2, 0) is 9.59 Å². The van der Waals surface area contributed by atoms with Crippen molar-refractivity contribution in [2.24, 2.45) is 0 Å². The van der Waals surface area contributed by atoms with Gasteiger partial charge in [-0.25, -0.2) is 4.39 Å². The van der Waals surface area contributed by atoms with Gasteiger partial charge in [0.15, 0.2) is 0 Å². The van der Waals surface area contributed by atoms with Crippen LogP contribution >= 0.6 is 23.4 Å². The molecule has 44 heavy (non-hydrogen) atoms. The molecule has 0 bridgehead atoms. The Balaban J connectivity index is 1.46. The number of anilines is 2. The highest BCUT2D eigenvalue weighted by Gasteiger charge is 2.19. The Hall–Kier alpha value is -5.00. The molecule has 0 aliphatic heterocycles. The van der Waals surface area contributed by atoms with Crippen LogP contribution in [0.1, 0.15) is 28.4 Å². The Labute approximate surface area is 261 Å². The summed E-state index contributed by atoms with van der Waals surface area (Å²) in [6, 6.07) is 23.2. The maximum Gasteiger partial charge on any atom is 0.272 e. The highest BCUT2D eigenvalue weighted by molar-refractivity contribution is 8.00. The van der Waals surface area contributed by atoms with E-state index < -0.39 is 27.8 Å². The van der Waals surface area contributed by atoms with Crippen LogP contribution < -0.4 is 16.0 Å².